The Bertz CT molecular complexity index is 138. The summed E-state index contributed by atoms with van der Waals surface area (Å²) in [5, 5.41) is 3.33. The van der Waals surface area contributed by atoms with E-state index in [-0.39, 0.29) is 0 Å². The van der Waals surface area contributed by atoms with Crippen molar-refractivity contribution in [2.45, 2.75) is 12.5 Å². The molecule has 14 heavy (non-hydrogen) atoms. The van der Waals surface area contributed by atoms with Crippen molar-refractivity contribution in [1.29, 1.82) is 0 Å². The Balaban J connectivity index is 2.03. The van der Waals surface area contributed by atoms with Crippen molar-refractivity contribution in [2.75, 3.05) is 53.6 Å². The van der Waals surface area contributed by atoms with Crippen LogP contribution in [0.15, 0.2) is 0 Å². The molecular weight excluding hydrogens is 180 g/mol. The van der Waals surface area contributed by atoms with Crippen LogP contribution in [0.3, 0.4) is 0 Å². The van der Waals surface area contributed by atoms with Crippen molar-refractivity contribution in [3.63, 3.8) is 0 Å². The van der Waals surface area contributed by atoms with Crippen molar-refractivity contribution >= 4 is 0 Å². The Morgan fingerprint density at radius 3 is 3.07 bits per heavy atom. The summed E-state index contributed by atoms with van der Waals surface area (Å²) in [6.45, 7) is 5.74. The van der Waals surface area contributed by atoms with Gasteiger partial charge >= 0.3 is 0 Å². The highest BCUT2D eigenvalue weighted by atomic mass is 16.5. The average Bonchev–Trinajstić information content (AvgIpc) is 2.20. The molecule has 0 aromatic heterocycles. The Labute approximate surface area is 86.6 Å². The number of methoxy groups -OCH3 is 1. The molecule has 1 saturated heterocycles. The molecule has 1 N–H and O–H groups in total. The molecule has 1 unspecified atom stereocenters. The second kappa shape index (κ2) is 7.17. The maximum atomic E-state index is 5.62. The zero-order valence-electron chi connectivity index (χ0n) is 9.29. The SMILES string of the molecule is COCCCN(C)CC1CNCCO1. The monoisotopic (exact) mass is 202 g/mol. The smallest absolute Gasteiger partial charge is 0.0826 e. The van der Waals surface area contributed by atoms with E-state index < -0.39 is 0 Å². The Hall–Kier alpha value is -0.160. The predicted molar refractivity (Wildman–Crippen MR) is 56.6 cm³/mol. The van der Waals surface area contributed by atoms with Gasteiger partial charge in [0.2, 0.25) is 0 Å². The quantitative estimate of drug-likeness (QED) is 0.612. The molecule has 0 radical (unpaired) electrons. The number of hydrogen-bond donors (Lipinski definition) is 1. The summed E-state index contributed by atoms with van der Waals surface area (Å²) >= 11 is 0. The van der Waals surface area contributed by atoms with Crippen molar-refractivity contribution < 1.29 is 9.47 Å². The first-order valence-electron chi connectivity index (χ1n) is 5.32. The summed E-state index contributed by atoms with van der Waals surface area (Å²) in [6, 6.07) is 0. The van der Waals surface area contributed by atoms with Gasteiger partial charge in [-0.15, -0.1) is 0 Å². The van der Waals surface area contributed by atoms with Crippen molar-refractivity contribution in [1.82, 2.24) is 10.2 Å². The highest BCUT2D eigenvalue weighted by Gasteiger charge is 2.14. The minimum absolute atomic E-state index is 0.358. The van der Waals surface area contributed by atoms with Crippen LogP contribution in [-0.2, 0) is 9.47 Å². The van der Waals surface area contributed by atoms with Crippen LogP contribution in [0.2, 0.25) is 0 Å². The van der Waals surface area contributed by atoms with Gasteiger partial charge in [0.25, 0.3) is 0 Å². The highest BCUT2D eigenvalue weighted by molar-refractivity contribution is 4.70. The number of morpholine rings is 1. The van der Waals surface area contributed by atoms with Crippen molar-refractivity contribution in [3.8, 4) is 0 Å². The predicted octanol–water partition coefficient (Wildman–Crippen LogP) is -0.0569. The van der Waals surface area contributed by atoms with Crippen molar-refractivity contribution in [3.05, 3.63) is 0 Å². The Morgan fingerprint density at radius 2 is 2.43 bits per heavy atom. The van der Waals surface area contributed by atoms with E-state index in [1.807, 2.05) is 0 Å². The topological polar surface area (TPSA) is 33.7 Å². The van der Waals surface area contributed by atoms with Crippen LogP contribution in [0.4, 0.5) is 0 Å². The summed E-state index contributed by atoms with van der Waals surface area (Å²) in [4.78, 5) is 2.30. The average molecular weight is 202 g/mol. The molecule has 0 spiro atoms. The van der Waals surface area contributed by atoms with E-state index in [1.165, 1.54) is 0 Å². The van der Waals surface area contributed by atoms with E-state index in [4.69, 9.17) is 9.47 Å². The molecular formula is C10H22N2O2. The molecule has 1 heterocycles. The van der Waals surface area contributed by atoms with Gasteiger partial charge in [-0.2, -0.15) is 0 Å². The largest absolute Gasteiger partial charge is 0.385 e. The third kappa shape index (κ3) is 4.91. The van der Waals surface area contributed by atoms with Gasteiger partial charge < -0.3 is 19.7 Å². The molecule has 0 saturated carbocycles. The lowest BCUT2D eigenvalue weighted by atomic mass is 10.3. The second-order valence-corrected chi connectivity index (χ2v) is 3.81. The van der Waals surface area contributed by atoms with E-state index in [0.29, 0.717) is 6.10 Å². The molecule has 84 valence electrons. The van der Waals surface area contributed by atoms with E-state index in [9.17, 15) is 0 Å². The fourth-order valence-corrected chi connectivity index (χ4v) is 1.65. The Kier molecular flexibility index (Phi) is 6.10. The van der Waals surface area contributed by atoms with E-state index in [2.05, 4.69) is 17.3 Å². The van der Waals surface area contributed by atoms with E-state index in [0.717, 1.165) is 45.8 Å². The summed E-state index contributed by atoms with van der Waals surface area (Å²) in [5.41, 5.74) is 0. The van der Waals surface area contributed by atoms with Crippen LogP contribution in [0, 0.1) is 0 Å². The van der Waals surface area contributed by atoms with Gasteiger partial charge in [-0.25, -0.2) is 0 Å². The van der Waals surface area contributed by atoms with Crippen LogP contribution in [0.1, 0.15) is 6.42 Å². The van der Waals surface area contributed by atoms with E-state index >= 15 is 0 Å². The molecule has 1 rings (SSSR count). The lowest BCUT2D eigenvalue weighted by molar-refractivity contribution is 0.00905. The first kappa shape index (κ1) is 11.9. The molecule has 1 aliphatic rings. The van der Waals surface area contributed by atoms with Gasteiger partial charge in [0.05, 0.1) is 12.7 Å². The van der Waals surface area contributed by atoms with Gasteiger partial charge in [0, 0.05) is 39.9 Å². The molecule has 1 aliphatic heterocycles. The number of rotatable bonds is 6. The number of hydrogen-bond acceptors (Lipinski definition) is 4. The third-order valence-corrected chi connectivity index (χ3v) is 2.41. The Morgan fingerprint density at radius 1 is 1.57 bits per heavy atom. The summed E-state index contributed by atoms with van der Waals surface area (Å²) in [5.74, 6) is 0. The zero-order valence-corrected chi connectivity index (χ0v) is 9.29. The molecule has 0 aromatic rings. The molecule has 1 atom stereocenters. The maximum Gasteiger partial charge on any atom is 0.0826 e. The van der Waals surface area contributed by atoms with Crippen molar-refractivity contribution in [2.24, 2.45) is 0 Å². The fourth-order valence-electron chi connectivity index (χ4n) is 1.65. The van der Waals surface area contributed by atoms with Gasteiger partial charge in [-0.05, 0) is 13.5 Å². The second-order valence-electron chi connectivity index (χ2n) is 3.81. The van der Waals surface area contributed by atoms with Crippen LogP contribution < -0.4 is 5.32 Å². The fraction of sp³-hybridized carbons (Fsp3) is 1.00. The molecule has 0 aliphatic carbocycles. The van der Waals surface area contributed by atoms with E-state index in [1.54, 1.807) is 7.11 Å². The molecule has 1 fully saturated rings. The van der Waals surface area contributed by atoms with Crippen LogP contribution in [0.5, 0.6) is 0 Å². The zero-order chi connectivity index (χ0) is 10.2. The molecule has 0 bridgehead atoms. The minimum Gasteiger partial charge on any atom is -0.385 e. The summed E-state index contributed by atoms with van der Waals surface area (Å²) in [6.07, 6.45) is 1.45. The number of nitrogens with zero attached hydrogens (tertiary/aromatic N) is 1. The number of likely N-dealkylation sites (N-methyl/N-ethyl adjacent to an activating group) is 1. The molecule has 0 aromatic carbocycles. The first-order valence-corrected chi connectivity index (χ1v) is 5.32. The maximum absolute atomic E-state index is 5.62. The number of nitrogens with one attached hydrogen (secondary N) is 1. The third-order valence-electron chi connectivity index (χ3n) is 2.41. The highest BCUT2D eigenvalue weighted by Crippen LogP contribution is 1.99. The van der Waals surface area contributed by atoms with Gasteiger partial charge in [0.1, 0.15) is 0 Å². The van der Waals surface area contributed by atoms with Crippen LogP contribution in [0.25, 0.3) is 0 Å². The molecule has 0 amide bonds. The van der Waals surface area contributed by atoms with Gasteiger partial charge in [0.15, 0.2) is 0 Å². The first-order chi connectivity index (χ1) is 6.83. The molecule has 4 heteroatoms. The van der Waals surface area contributed by atoms with Crippen LogP contribution in [-0.4, -0.2) is 64.6 Å². The molecule has 4 nitrogen and oxygen atoms in total. The lowest BCUT2D eigenvalue weighted by Gasteiger charge is -2.27. The van der Waals surface area contributed by atoms with Crippen LogP contribution >= 0.6 is 0 Å². The standard InChI is InChI=1S/C10H22N2O2/c1-12(5-3-6-13-2)9-10-8-11-4-7-14-10/h10-11H,3-9H2,1-2H3. The summed E-state index contributed by atoms with van der Waals surface area (Å²) in [7, 11) is 3.88. The normalized spacial score (nSPS) is 22.9. The number of ether oxygens (including phenoxy) is 2. The van der Waals surface area contributed by atoms with Gasteiger partial charge in [-0.1, -0.05) is 0 Å². The minimum atomic E-state index is 0.358. The lowest BCUT2D eigenvalue weighted by Crippen LogP contribution is -2.44. The summed E-state index contributed by atoms with van der Waals surface area (Å²) < 4.78 is 10.6. The van der Waals surface area contributed by atoms with Gasteiger partial charge in [-0.3, -0.25) is 0 Å².